The Morgan fingerprint density at radius 2 is 1.62 bits per heavy atom. The fourth-order valence-corrected chi connectivity index (χ4v) is 3.61. The number of halogens is 3. The molecule has 0 unspecified atom stereocenters. The summed E-state index contributed by atoms with van der Waals surface area (Å²) >= 11 is 0. The maximum Gasteiger partial charge on any atom is 0.417 e. The van der Waals surface area contributed by atoms with E-state index in [1.54, 1.807) is 24.3 Å². The van der Waals surface area contributed by atoms with Crippen LogP contribution in [-0.2, 0) is 6.18 Å². The van der Waals surface area contributed by atoms with E-state index in [0.717, 1.165) is 49.6 Å². The standard InChI is InChI=1S/C23H22F3N5O/c1-15-14-20(31-12-4-5-13-31)30-22(27-15)29-17-10-8-16(9-11-17)28-21(32)18-6-2-3-7-19(18)23(24,25)26/h2-3,6-11,14H,4-5,12-13H2,1H3,(H,28,32)(H,27,29,30). The molecule has 0 aliphatic carbocycles. The molecule has 2 aromatic carbocycles. The molecule has 1 aromatic heterocycles. The fourth-order valence-electron chi connectivity index (χ4n) is 3.61. The number of benzene rings is 2. The van der Waals surface area contributed by atoms with E-state index in [-0.39, 0.29) is 0 Å². The van der Waals surface area contributed by atoms with Gasteiger partial charge >= 0.3 is 6.18 Å². The molecule has 1 fully saturated rings. The summed E-state index contributed by atoms with van der Waals surface area (Å²) in [5.41, 5.74) is 0.514. The molecule has 9 heteroatoms. The lowest BCUT2D eigenvalue weighted by molar-refractivity contribution is -0.137. The van der Waals surface area contributed by atoms with Gasteiger partial charge in [0.05, 0.1) is 11.1 Å². The Hall–Kier alpha value is -3.62. The predicted molar refractivity (Wildman–Crippen MR) is 117 cm³/mol. The number of carbonyl (C=O) groups excluding carboxylic acids is 1. The van der Waals surface area contributed by atoms with Crippen molar-refractivity contribution in [2.24, 2.45) is 0 Å². The minimum Gasteiger partial charge on any atom is -0.356 e. The van der Waals surface area contributed by atoms with Crippen LogP contribution in [0, 0.1) is 6.92 Å². The number of hydrogen-bond acceptors (Lipinski definition) is 5. The molecular weight excluding hydrogens is 419 g/mol. The minimum atomic E-state index is -4.61. The lowest BCUT2D eigenvalue weighted by Gasteiger charge is -2.17. The monoisotopic (exact) mass is 441 g/mol. The third kappa shape index (κ3) is 4.99. The number of rotatable bonds is 5. The molecule has 0 atom stereocenters. The van der Waals surface area contributed by atoms with Gasteiger partial charge in [0, 0.05) is 36.2 Å². The number of aromatic nitrogens is 2. The Bertz CT molecular complexity index is 1110. The smallest absolute Gasteiger partial charge is 0.356 e. The van der Waals surface area contributed by atoms with E-state index in [0.29, 0.717) is 17.3 Å². The van der Waals surface area contributed by atoms with Crippen molar-refractivity contribution in [2.75, 3.05) is 28.6 Å². The molecule has 2 heterocycles. The summed E-state index contributed by atoms with van der Waals surface area (Å²) in [5.74, 6) is 0.517. The van der Waals surface area contributed by atoms with Gasteiger partial charge in [-0.15, -0.1) is 0 Å². The number of nitrogens with one attached hydrogen (secondary N) is 2. The van der Waals surface area contributed by atoms with Crippen molar-refractivity contribution >= 4 is 29.0 Å². The number of carbonyl (C=O) groups is 1. The summed E-state index contributed by atoms with van der Waals surface area (Å²) in [6.07, 6.45) is -2.32. The molecule has 0 radical (unpaired) electrons. The third-order valence-electron chi connectivity index (χ3n) is 5.15. The first-order chi connectivity index (χ1) is 15.3. The van der Waals surface area contributed by atoms with Gasteiger partial charge in [0.2, 0.25) is 5.95 Å². The summed E-state index contributed by atoms with van der Waals surface area (Å²) in [6, 6.07) is 13.3. The topological polar surface area (TPSA) is 70.2 Å². The van der Waals surface area contributed by atoms with Crippen LogP contribution in [0.2, 0.25) is 0 Å². The molecule has 4 rings (SSSR count). The van der Waals surface area contributed by atoms with E-state index >= 15 is 0 Å². The van der Waals surface area contributed by atoms with Gasteiger partial charge in [-0.25, -0.2) is 4.98 Å². The quantitative estimate of drug-likeness (QED) is 0.555. The van der Waals surface area contributed by atoms with E-state index in [9.17, 15) is 18.0 Å². The van der Waals surface area contributed by atoms with E-state index < -0.39 is 23.2 Å². The van der Waals surface area contributed by atoms with Crippen LogP contribution in [-0.4, -0.2) is 29.0 Å². The molecule has 1 aliphatic heterocycles. The largest absolute Gasteiger partial charge is 0.417 e. The van der Waals surface area contributed by atoms with Gasteiger partial charge in [0.15, 0.2) is 0 Å². The number of hydrogen-bond donors (Lipinski definition) is 2. The second-order valence-electron chi connectivity index (χ2n) is 7.59. The van der Waals surface area contributed by atoms with Crippen molar-refractivity contribution in [3.05, 3.63) is 71.4 Å². The molecule has 2 N–H and O–H groups in total. The van der Waals surface area contributed by atoms with Crippen LogP contribution < -0.4 is 15.5 Å². The Labute approximate surface area is 183 Å². The van der Waals surface area contributed by atoms with E-state index in [1.165, 1.54) is 12.1 Å². The highest BCUT2D eigenvalue weighted by Crippen LogP contribution is 2.32. The Balaban J connectivity index is 1.46. The van der Waals surface area contributed by atoms with E-state index in [2.05, 4.69) is 25.5 Å². The van der Waals surface area contributed by atoms with Crippen LogP contribution in [0.5, 0.6) is 0 Å². The fraction of sp³-hybridized carbons (Fsp3) is 0.261. The maximum atomic E-state index is 13.2. The molecule has 0 spiro atoms. The zero-order valence-electron chi connectivity index (χ0n) is 17.4. The van der Waals surface area contributed by atoms with Crippen LogP contribution in [0.1, 0.15) is 34.5 Å². The highest BCUT2D eigenvalue weighted by Gasteiger charge is 2.34. The zero-order valence-corrected chi connectivity index (χ0v) is 17.4. The zero-order chi connectivity index (χ0) is 22.7. The number of amides is 1. The lowest BCUT2D eigenvalue weighted by Crippen LogP contribution is -2.19. The summed E-state index contributed by atoms with van der Waals surface area (Å²) < 4.78 is 39.5. The molecule has 1 saturated heterocycles. The first kappa shape index (κ1) is 21.6. The lowest BCUT2D eigenvalue weighted by atomic mass is 10.1. The first-order valence-electron chi connectivity index (χ1n) is 10.2. The van der Waals surface area contributed by atoms with E-state index in [4.69, 9.17) is 0 Å². The molecule has 1 amide bonds. The van der Waals surface area contributed by atoms with Crippen molar-refractivity contribution in [3.8, 4) is 0 Å². The Morgan fingerprint density at radius 1 is 0.969 bits per heavy atom. The Morgan fingerprint density at radius 3 is 2.31 bits per heavy atom. The van der Waals surface area contributed by atoms with Gasteiger partial charge < -0.3 is 15.5 Å². The van der Waals surface area contributed by atoms with Gasteiger partial charge in [-0.2, -0.15) is 18.2 Å². The predicted octanol–water partition coefficient (Wildman–Crippen LogP) is 5.40. The van der Waals surface area contributed by atoms with Crippen LogP contribution in [0.25, 0.3) is 0 Å². The molecule has 0 saturated carbocycles. The summed E-state index contributed by atoms with van der Waals surface area (Å²) in [6.45, 7) is 3.85. The number of aryl methyl sites for hydroxylation is 1. The molecule has 1 aliphatic rings. The average Bonchev–Trinajstić information content (AvgIpc) is 3.29. The third-order valence-corrected chi connectivity index (χ3v) is 5.15. The van der Waals surface area contributed by atoms with E-state index in [1.807, 2.05) is 13.0 Å². The molecule has 3 aromatic rings. The Kier molecular flexibility index (Phi) is 5.98. The molecule has 32 heavy (non-hydrogen) atoms. The highest BCUT2D eigenvalue weighted by atomic mass is 19.4. The van der Waals surface area contributed by atoms with Crippen molar-refractivity contribution in [1.82, 2.24) is 9.97 Å². The van der Waals surface area contributed by atoms with Gasteiger partial charge in [-0.3, -0.25) is 4.79 Å². The second kappa shape index (κ2) is 8.86. The highest BCUT2D eigenvalue weighted by molar-refractivity contribution is 6.05. The number of alkyl halides is 3. The van der Waals surface area contributed by atoms with Crippen molar-refractivity contribution in [3.63, 3.8) is 0 Å². The SMILES string of the molecule is Cc1cc(N2CCCC2)nc(Nc2ccc(NC(=O)c3ccccc3C(F)(F)F)cc2)n1. The summed E-state index contributed by atoms with van der Waals surface area (Å²) in [7, 11) is 0. The summed E-state index contributed by atoms with van der Waals surface area (Å²) in [5, 5.41) is 5.65. The van der Waals surface area contributed by atoms with Crippen LogP contribution in [0.4, 0.5) is 36.3 Å². The molecular formula is C23H22F3N5O. The summed E-state index contributed by atoms with van der Waals surface area (Å²) in [4.78, 5) is 23.6. The van der Waals surface area contributed by atoms with Crippen molar-refractivity contribution in [2.45, 2.75) is 25.9 Å². The van der Waals surface area contributed by atoms with Crippen LogP contribution >= 0.6 is 0 Å². The maximum absolute atomic E-state index is 13.2. The van der Waals surface area contributed by atoms with Crippen molar-refractivity contribution < 1.29 is 18.0 Å². The molecule has 6 nitrogen and oxygen atoms in total. The first-order valence-corrected chi connectivity index (χ1v) is 10.2. The number of nitrogens with zero attached hydrogens (tertiary/aromatic N) is 3. The molecule has 166 valence electrons. The van der Waals surface area contributed by atoms with Crippen LogP contribution in [0.3, 0.4) is 0 Å². The van der Waals surface area contributed by atoms with Gasteiger partial charge in [0.1, 0.15) is 5.82 Å². The second-order valence-corrected chi connectivity index (χ2v) is 7.59. The minimum absolute atomic E-state index is 0.375. The van der Waals surface area contributed by atoms with Gasteiger partial charge in [-0.1, -0.05) is 12.1 Å². The van der Waals surface area contributed by atoms with Crippen molar-refractivity contribution in [1.29, 1.82) is 0 Å². The van der Waals surface area contributed by atoms with Gasteiger partial charge in [0.25, 0.3) is 5.91 Å². The molecule has 0 bridgehead atoms. The normalized spacial score (nSPS) is 13.8. The van der Waals surface area contributed by atoms with Gasteiger partial charge in [-0.05, 0) is 56.2 Å². The average molecular weight is 441 g/mol. The number of anilines is 4. The van der Waals surface area contributed by atoms with Crippen LogP contribution in [0.15, 0.2) is 54.6 Å².